The summed E-state index contributed by atoms with van der Waals surface area (Å²) in [5.41, 5.74) is -0.581. The number of nitro groups is 1. The molecule has 0 aliphatic carbocycles. The predicted molar refractivity (Wildman–Crippen MR) is 64.9 cm³/mol. The maximum absolute atomic E-state index is 13.4. The van der Waals surface area contributed by atoms with Crippen LogP contribution in [-0.4, -0.2) is 32.5 Å². The third-order valence-electron chi connectivity index (χ3n) is 2.13. The van der Waals surface area contributed by atoms with Gasteiger partial charge in [0.1, 0.15) is 17.3 Å². The lowest BCUT2D eigenvalue weighted by Gasteiger charge is -2.07. The van der Waals surface area contributed by atoms with Crippen LogP contribution in [0.3, 0.4) is 0 Å². The van der Waals surface area contributed by atoms with E-state index in [1.807, 2.05) is 0 Å². The van der Waals surface area contributed by atoms with Gasteiger partial charge >= 0.3 is 5.97 Å². The highest BCUT2D eigenvalue weighted by Crippen LogP contribution is 2.20. The van der Waals surface area contributed by atoms with E-state index in [4.69, 9.17) is 0 Å². The van der Waals surface area contributed by atoms with Gasteiger partial charge in [-0.2, -0.15) is 4.72 Å². The molecule has 0 unspecified atom stereocenters. The van der Waals surface area contributed by atoms with Crippen LogP contribution in [0.25, 0.3) is 0 Å². The van der Waals surface area contributed by atoms with Gasteiger partial charge in [0, 0.05) is 12.1 Å². The summed E-state index contributed by atoms with van der Waals surface area (Å²) < 4.78 is 43.3. The first-order valence-electron chi connectivity index (χ1n) is 5.37. The van der Waals surface area contributed by atoms with Crippen molar-refractivity contribution < 1.29 is 27.3 Å². The van der Waals surface area contributed by atoms with E-state index in [2.05, 4.69) is 4.74 Å². The van der Waals surface area contributed by atoms with Crippen molar-refractivity contribution in [3.05, 3.63) is 34.1 Å². The first-order chi connectivity index (χ1) is 9.27. The number of benzene rings is 1. The molecular weight excluding hydrogens is 295 g/mol. The molecule has 0 radical (unpaired) electrons. The normalized spacial score (nSPS) is 11.1. The van der Waals surface area contributed by atoms with Crippen LogP contribution in [0, 0.1) is 15.9 Å². The monoisotopic (exact) mass is 306 g/mol. The zero-order valence-electron chi connectivity index (χ0n) is 10.3. The Balaban J connectivity index is 3.00. The summed E-state index contributed by atoms with van der Waals surface area (Å²) >= 11 is 0. The van der Waals surface area contributed by atoms with Crippen molar-refractivity contribution in [2.75, 3.05) is 13.2 Å². The Labute approximate surface area is 113 Å². The Morgan fingerprint density at radius 3 is 2.70 bits per heavy atom. The van der Waals surface area contributed by atoms with Gasteiger partial charge in [0.25, 0.3) is 5.69 Å². The highest BCUT2D eigenvalue weighted by Gasteiger charge is 2.23. The number of ether oxygens (including phenoxy) is 1. The highest BCUT2D eigenvalue weighted by molar-refractivity contribution is 7.89. The first-order valence-corrected chi connectivity index (χ1v) is 6.85. The van der Waals surface area contributed by atoms with Gasteiger partial charge < -0.3 is 4.74 Å². The van der Waals surface area contributed by atoms with Gasteiger partial charge in [-0.05, 0) is 13.0 Å². The minimum atomic E-state index is -4.39. The van der Waals surface area contributed by atoms with E-state index >= 15 is 0 Å². The van der Waals surface area contributed by atoms with Crippen LogP contribution in [-0.2, 0) is 19.6 Å². The number of nitrogens with one attached hydrogen (secondary N) is 1. The van der Waals surface area contributed by atoms with Crippen LogP contribution in [0.5, 0.6) is 0 Å². The largest absolute Gasteiger partial charge is 0.465 e. The molecule has 1 aromatic rings. The number of sulfonamides is 1. The van der Waals surface area contributed by atoms with Gasteiger partial charge in [-0.3, -0.25) is 14.9 Å². The molecule has 0 saturated carbocycles. The van der Waals surface area contributed by atoms with Crippen molar-refractivity contribution in [1.82, 2.24) is 4.72 Å². The number of rotatable bonds is 6. The predicted octanol–water partition coefficient (Wildman–Crippen LogP) is 0.575. The molecule has 0 spiro atoms. The summed E-state index contributed by atoms with van der Waals surface area (Å²) in [4.78, 5) is 19.8. The zero-order valence-corrected chi connectivity index (χ0v) is 11.1. The topological polar surface area (TPSA) is 116 Å². The fourth-order valence-corrected chi connectivity index (χ4v) is 2.32. The summed E-state index contributed by atoms with van der Waals surface area (Å²) in [7, 11) is -4.39. The Bertz CT molecular complexity index is 631. The Morgan fingerprint density at radius 1 is 1.50 bits per heavy atom. The summed E-state index contributed by atoms with van der Waals surface area (Å²) in [6, 6.07) is 2.07. The van der Waals surface area contributed by atoms with Crippen molar-refractivity contribution in [3.63, 3.8) is 0 Å². The van der Waals surface area contributed by atoms with Gasteiger partial charge in [0.2, 0.25) is 10.0 Å². The van der Waals surface area contributed by atoms with E-state index in [0.29, 0.717) is 12.1 Å². The van der Waals surface area contributed by atoms with E-state index < -0.39 is 43.9 Å². The average Bonchev–Trinajstić information content (AvgIpc) is 2.37. The second-order valence-corrected chi connectivity index (χ2v) is 5.24. The summed E-state index contributed by atoms with van der Waals surface area (Å²) in [6.45, 7) is 0.899. The third kappa shape index (κ3) is 3.96. The molecule has 1 aromatic carbocycles. The molecule has 0 bridgehead atoms. The Kier molecular flexibility index (Phi) is 5.11. The van der Waals surface area contributed by atoms with Crippen molar-refractivity contribution in [2.45, 2.75) is 11.8 Å². The second-order valence-electron chi connectivity index (χ2n) is 3.50. The van der Waals surface area contributed by atoms with E-state index in [1.54, 1.807) is 4.72 Å². The molecule has 8 nitrogen and oxygen atoms in total. The fraction of sp³-hybridized carbons (Fsp3) is 0.300. The Morgan fingerprint density at radius 2 is 2.15 bits per heavy atom. The van der Waals surface area contributed by atoms with Gasteiger partial charge in [-0.25, -0.2) is 12.8 Å². The highest BCUT2D eigenvalue weighted by atomic mass is 32.2. The zero-order chi connectivity index (χ0) is 15.3. The minimum Gasteiger partial charge on any atom is -0.465 e. The van der Waals surface area contributed by atoms with Crippen LogP contribution in [0.15, 0.2) is 23.1 Å². The van der Waals surface area contributed by atoms with Crippen LogP contribution >= 0.6 is 0 Å². The van der Waals surface area contributed by atoms with Crippen molar-refractivity contribution >= 4 is 21.7 Å². The summed E-state index contributed by atoms with van der Waals surface area (Å²) in [5.74, 6) is -2.01. The van der Waals surface area contributed by atoms with E-state index in [9.17, 15) is 27.7 Å². The smallest absolute Gasteiger partial charge is 0.321 e. The molecule has 0 aromatic heterocycles. The molecule has 1 N–H and O–H groups in total. The third-order valence-corrected chi connectivity index (χ3v) is 3.54. The fourth-order valence-electron chi connectivity index (χ4n) is 1.26. The van der Waals surface area contributed by atoms with Crippen molar-refractivity contribution in [1.29, 1.82) is 0 Å². The molecule has 0 heterocycles. The van der Waals surface area contributed by atoms with Crippen LogP contribution in [0.2, 0.25) is 0 Å². The lowest BCUT2D eigenvalue weighted by Crippen LogP contribution is -2.31. The molecule has 0 saturated heterocycles. The van der Waals surface area contributed by atoms with Gasteiger partial charge in [0.15, 0.2) is 0 Å². The number of esters is 1. The molecule has 0 atom stereocenters. The summed E-state index contributed by atoms with van der Waals surface area (Å²) in [6.07, 6.45) is 0. The second kappa shape index (κ2) is 6.39. The number of non-ortho nitro benzene ring substituents is 1. The number of carbonyl (C=O) groups excluding carboxylic acids is 1. The van der Waals surface area contributed by atoms with Crippen LogP contribution in [0.1, 0.15) is 6.92 Å². The van der Waals surface area contributed by atoms with Crippen LogP contribution in [0.4, 0.5) is 10.1 Å². The number of hydrogen-bond acceptors (Lipinski definition) is 6. The number of nitro benzene ring substituents is 1. The molecule has 10 heteroatoms. The van der Waals surface area contributed by atoms with Gasteiger partial charge in [-0.15, -0.1) is 0 Å². The van der Waals surface area contributed by atoms with Crippen molar-refractivity contribution in [3.8, 4) is 0 Å². The molecular formula is C10H11FN2O6S. The number of halogens is 1. The standard InChI is InChI=1S/C10H11FN2O6S/c1-2-19-10(14)6-12-20(17,18)9-5-7(13(15)16)3-4-8(9)11/h3-5,12H,2,6H2,1H3. The molecule has 1 rings (SSSR count). The lowest BCUT2D eigenvalue weighted by molar-refractivity contribution is -0.385. The maximum atomic E-state index is 13.4. The molecule has 0 aliphatic rings. The van der Waals surface area contributed by atoms with Gasteiger partial charge in [0.05, 0.1) is 11.5 Å². The lowest BCUT2D eigenvalue weighted by atomic mass is 10.3. The molecule has 20 heavy (non-hydrogen) atoms. The molecule has 0 aliphatic heterocycles. The van der Waals surface area contributed by atoms with E-state index in [-0.39, 0.29) is 6.61 Å². The Hall–Kier alpha value is -2.07. The minimum absolute atomic E-state index is 0.0612. The van der Waals surface area contributed by atoms with Gasteiger partial charge in [-0.1, -0.05) is 0 Å². The van der Waals surface area contributed by atoms with E-state index in [0.717, 1.165) is 6.07 Å². The van der Waals surface area contributed by atoms with Crippen LogP contribution < -0.4 is 4.72 Å². The average molecular weight is 306 g/mol. The number of nitrogens with zero attached hydrogens (tertiary/aromatic N) is 1. The molecule has 0 fully saturated rings. The molecule has 0 amide bonds. The SMILES string of the molecule is CCOC(=O)CNS(=O)(=O)c1cc([N+](=O)[O-])ccc1F. The quantitative estimate of drug-likeness (QED) is 0.467. The first kappa shape index (κ1) is 16.0. The molecule has 110 valence electrons. The van der Waals surface area contributed by atoms with Crippen molar-refractivity contribution in [2.24, 2.45) is 0 Å². The van der Waals surface area contributed by atoms with E-state index in [1.165, 1.54) is 6.92 Å². The summed E-state index contributed by atoms with van der Waals surface area (Å²) in [5, 5.41) is 10.5. The number of carbonyl (C=O) groups is 1. The number of hydrogen-bond donors (Lipinski definition) is 1. The maximum Gasteiger partial charge on any atom is 0.321 e.